The van der Waals surface area contributed by atoms with Crippen molar-refractivity contribution in [1.82, 2.24) is 25.4 Å². The summed E-state index contributed by atoms with van der Waals surface area (Å²) in [5.74, 6) is 0.194. The zero-order valence-corrected chi connectivity index (χ0v) is 21.9. The molecule has 0 saturated carbocycles. The fourth-order valence-electron chi connectivity index (χ4n) is 3.84. The van der Waals surface area contributed by atoms with Crippen LogP contribution in [-0.4, -0.2) is 38.7 Å². The number of carbonyl (C=O) groups excluding carboxylic acids is 1. The molecule has 1 aromatic heterocycles. The van der Waals surface area contributed by atoms with E-state index in [1.165, 1.54) is 35.3 Å². The highest BCUT2D eigenvalue weighted by molar-refractivity contribution is 7.80. The molecule has 4 rings (SSSR count). The first-order valence-electron chi connectivity index (χ1n) is 12.2. The summed E-state index contributed by atoms with van der Waals surface area (Å²) in [5, 5.41) is 9.97. The molecule has 2 amide bonds. The minimum Gasteiger partial charge on any atom is -0.406 e. The van der Waals surface area contributed by atoms with E-state index in [2.05, 4.69) is 25.5 Å². The van der Waals surface area contributed by atoms with Crippen LogP contribution < -0.4 is 15.4 Å². The second kappa shape index (κ2) is 12.5. The van der Waals surface area contributed by atoms with E-state index in [0.717, 1.165) is 41.5 Å². The average Bonchev–Trinajstić information content (AvgIpc) is 3.39. The molecular weight excluding hydrogens is 527 g/mol. The number of ether oxygens (including phenoxy) is 1. The van der Waals surface area contributed by atoms with E-state index in [-0.39, 0.29) is 11.8 Å². The van der Waals surface area contributed by atoms with Gasteiger partial charge >= 0.3 is 12.4 Å². The van der Waals surface area contributed by atoms with Gasteiger partial charge in [0.1, 0.15) is 17.1 Å². The summed E-state index contributed by atoms with van der Waals surface area (Å²) in [4.78, 5) is 16.8. The van der Waals surface area contributed by atoms with Crippen LogP contribution in [0, 0.1) is 6.92 Å². The van der Waals surface area contributed by atoms with E-state index in [0.29, 0.717) is 23.0 Å². The Kier molecular flexibility index (Phi) is 8.92. The molecule has 0 unspecified atom stereocenters. The number of hydrogen-bond donors (Lipinski definition) is 2. The maximum atomic E-state index is 12.3. The number of nitrogens with zero attached hydrogens (tertiary/aromatic N) is 3. The number of aromatic nitrogens is 3. The first-order valence-corrected chi connectivity index (χ1v) is 12.6. The van der Waals surface area contributed by atoms with Crippen molar-refractivity contribution in [1.29, 1.82) is 0 Å². The lowest BCUT2D eigenvalue weighted by Crippen LogP contribution is -2.39. The normalized spacial score (nSPS) is 11.2. The summed E-state index contributed by atoms with van der Waals surface area (Å²) in [7, 11) is 0. The van der Waals surface area contributed by atoms with Gasteiger partial charge in [-0.2, -0.15) is 0 Å². The maximum absolute atomic E-state index is 12.3. The van der Waals surface area contributed by atoms with Crippen LogP contribution in [0.5, 0.6) is 5.75 Å². The number of rotatable bonds is 9. The number of benzene rings is 3. The first-order chi connectivity index (χ1) is 18.7. The molecule has 39 heavy (non-hydrogen) atoms. The van der Waals surface area contributed by atoms with Crippen LogP contribution in [0.15, 0.2) is 79.1 Å². The molecule has 1 heterocycles. The SMILES string of the molecule is Cc1ccccc1C(=S)NC(=O)NCCCCc1ccc(-c2ncn(-c3ccc(OC(F)(F)F)cc3)n2)cc1. The summed E-state index contributed by atoms with van der Waals surface area (Å²) in [5.41, 5.74) is 4.35. The van der Waals surface area contributed by atoms with Gasteiger partial charge in [-0.15, -0.1) is 18.3 Å². The smallest absolute Gasteiger partial charge is 0.406 e. The number of amides is 2. The second-order valence-electron chi connectivity index (χ2n) is 8.73. The van der Waals surface area contributed by atoms with Gasteiger partial charge in [0.15, 0.2) is 5.82 Å². The summed E-state index contributed by atoms with van der Waals surface area (Å²) < 4.78 is 42.4. The number of carbonyl (C=O) groups is 1. The molecule has 11 heteroatoms. The number of unbranched alkanes of at least 4 members (excludes halogenated alkanes) is 1. The molecule has 4 aromatic rings. The van der Waals surface area contributed by atoms with Crippen LogP contribution in [0.4, 0.5) is 18.0 Å². The number of halogens is 3. The molecule has 0 radical (unpaired) electrons. The number of urea groups is 1. The topological polar surface area (TPSA) is 81.1 Å². The van der Waals surface area contributed by atoms with Gasteiger partial charge in [0.25, 0.3) is 0 Å². The average molecular weight is 554 g/mol. The minimum atomic E-state index is -4.74. The van der Waals surface area contributed by atoms with Crippen LogP contribution in [0.2, 0.25) is 0 Å². The van der Waals surface area contributed by atoms with E-state index in [4.69, 9.17) is 12.2 Å². The number of thiocarbonyl (C=S) groups is 1. The van der Waals surface area contributed by atoms with Gasteiger partial charge in [-0.1, -0.05) is 60.7 Å². The van der Waals surface area contributed by atoms with Crippen LogP contribution >= 0.6 is 12.2 Å². The molecule has 2 N–H and O–H groups in total. The van der Waals surface area contributed by atoms with Crippen molar-refractivity contribution < 1.29 is 22.7 Å². The molecule has 3 aromatic carbocycles. The molecule has 0 fully saturated rings. The first kappa shape index (κ1) is 27.8. The predicted molar refractivity (Wildman–Crippen MR) is 146 cm³/mol. The Balaban J connectivity index is 1.20. The standard InChI is InChI=1S/C28H26F3N5O2S/c1-19-6-2-3-8-24(19)26(39)34-27(37)32-17-5-4-7-20-9-11-21(12-10-20)25-33-18-36(35-25)22-13-15-23(16-14-22)38-28(29,30)31/h2-3,6,8-16,18H,4-5,7,17H2,1H3,(H2,32,34,37,39). The Morgan fingerprint density at radius 2 is 1.72 bits per heavy atom. The van der Waals surface area contributed by atoms with Crippen molar-refractivity contribution >= 4 is 23.2 Å². The van der Waals surface area contributed by atoms with Crippen molar-refractivity contribution in [2.75, 3.05) is 6.54 Å². The molecule has 0 aliphatic heterocycles. The quantitative estimate of drug-likeness (QED) is 0.192. The van der Waals surface area contributed by atoms with Crippen molar-refractivity contribution in [3.05, 3.63) is 95.8 Å². The van der Waals surface area contributed by atoms with E-state index in [1.54, 1.807) is 0 Å². The lowest BCUT2D eigenvalue weighted by atomic mass is 10.1. The highest BCUT2D eigenvalue weighted by Gasteiger charge is 2.31. The Labute approximate surface area is 229 Å². The number of aryl methyl sites for hydroxylation is 2. The minimum absolute atomic E-state index is 0.302. The third-order valence-electron chi connectivity index (χ3n) is 5.83. The van der Waals surface area contributed by atoms with E-state index in [9.17, 15) is 18.0 Å². The van der Waals surface area contributed by atoms with E-state index >= 15 is 0 Å². The fraction of sp³-hybridized carbons (Fsp3) is 0.214. The van der Waals surface area contributed by atoms with Gasteiger partial charge in [-0.25, -0.2) is 14.5 Å². The summed E-state index contributed by atoms with van der Waals surface area (Å²) in [6, 6.07) is 20.6. The maximum Gasteiger partial charge on any atom is 0.573 e. The molecule has 7 nitrogen and oxygen atoms in total. The third kappa shape index (κ3) is 8.11. The van der Waals surface area contributed by atoms with Gasteiger partial charge in [0.2, 0.25) is 0 Å². The monoisotopic (exact) mass is 553 g/mol. The van der Waals surface area contributed by atoms with Crippen LogP contribution in [0.3, 0.4) is 0 Å². The van der Waals surface area contributed by atoms with Crippen LogP contribution in [0.25, 0.3) is 17.1 Å². The van der Waals surface area contributed by atoms with Crippen molar-refractivity contribution in [2.24, 2.45) is 0 Å². The molecule has 0 atom stereocenters. The van der Waals surface area contributed by atoms with Crippen molar-refractivity contribution in [3.8, 4) is 22.8 Å². The van der Waals surface area contributed by atoms with Gasteiger partial charge in [0.05, 0.1) is 5.69 Å². The van der Waals surface area contributed by atoms with Crippen molar-refractivity contribution in [3.63, 3.8) is 0 Å². The molecule has 0 saturated heterocycles. The largest absolute Gasteiger partial charge is 0.573 e. The number of nitrogens with one attached hydrogen (secondary N) is 2. The van der Waals surface area contributed by atoms with Gasteiger partial charge in [-0.3, -0.25) is 5.32 Å². The highest BCUT2D eigenvalue weighted by Crippen LogP contribution is 2.24. The Morgan fingerprint density at radius 3 is 2.41 bits per heavy atom. The second-order valence-corrected chi connectivity index (χ2v) is 9.14. The van der Waals surface area contributed by atoms with Crippen LogP contribution in [0.1, 0.15) is 29.5 Å². The zero-order chi connectivity index (χ0) is 27.8. The zero-order valence-electron chi connectivity index (χ0n) is 21.0. The fourth-order valence-corrected chi connectivity index (χ4v) is 4.16. The lowest BCUT2D eigenvalue weighted by Gasteiger charge is -2.10. The summed E-state index contributed by atoms with van der Waals surface area (Å²) >= 11 is 5.32. The lowest BCUT2D eigenvalue weighted by molar-refractivity contribution is -0.274. The Hall–Kier alpha value is -4.25. The van der Waals surface area contributed by atoms with Gasteiger partial charge in [-0.05, 0) is 61.6 Å². The summed E-state index contributed by atoms with van der Waals surface area (Å²) in [6.45, 7) is 2.48. The van der Waals surface area contributed by atoms with E-state index in [1.807, 2.05) is 55.5 Å². The molecule has 0 bridgehead atoms. The Morgan fingerprint density at radius 1 is 1.00 bits per heavy atom. The van der Waals surface area contributed by atoms with Gasteiger partial charge < -0.3 is 10.1 Å². The van der Waals surface area contributed by atoms with Gasteiger partial charge in [0, 0.05) is 17.7 Å². The molecule has 202 valence electrons. The highest BCUT2D eigenvalue weighted by atomic mass is 32.1. The molecule has 0 spiro atoms. The molecular formula is C28H26F3N5O2S. The third-order valence-corrected chi connectivity index (χ3v) is 6.16. The van der Waals surface area contributed by atoms with Crippen LogP contribution in [-0.2, 0) is 6.42 Å². The number of hydrogen-bond acceptors (Lipinski definition) is 5. The van der Waals surface area contributed by atoms with Crippen molar-refractivity contribution in [2.45, 2.75) is 32.5 Å². The molecule has 0 aliphatic carbocycles. The van der Waals surface area contributed by atoms with E-state index < -0.39 is 6.36 Å². The molecule has 0 aliphatic rings. The predicted octanol–water partition coefficient (Wildman–Crippen LogP) is 6.14. The Bertz CT molecular complexity index is 1420. The number of alkyl halides is 3. The summed E-state index contributed by atoms with van der Waals surface area (Å²) in [6.07, 6.45) is -0.689.